The smallest absolute Gasteiger partial charge is 0.308 e. The number of rotatable bonds is 3. The molecule has 0 radical (unpaired) electrons. The van der Waals surface area contributed by atoms with Gasteiger partial charge in [-0.3, -0.25) is 4.79 Å². The molecule has 1 aliphatic rings. The molecule has 1 saturated heterocycles. The highest BCUT2D eigenvalue weighted by Crippen LogP contribution is 2.30. The van der Waals surface area contributed by atoms with E-state index >= 15 is 0 Å². The lowest BCUT2D eigenvalue weighted by atomic mass is 10.0. The van der Waals surface area contributed by atoms with Gasteiger partial charge in [0, 0.05) is 12.6 Å². The SMILES string of the molecule is Cc1cccc(S(=O)(=O)N2CCC(C(=O)O)C2C)c1. The quantitative estimate of drug-likeness (QED) is 0.911. The average Bonchev–Trinajstić information content (AvgIpc) is 2.71. The van der Waals surface area contributed by atoms with Crippen molar-refractivity contribution in [3.05, 3.63) is 29.8 Å². The molecule has 6 heteroatoms. The van der Waals surface area contributed by atoms with E-state index in [0.717, 1.165) is 5.56 Å². The maximum absolute atomic E-state index is 12.5. The maximum Gasteiger partial charge on any atom is 0.308 e. The van der Waals surface area contributed by atoms with E-state index in [4.69, 9.17) is 5.11 Å². The Morgan fingerprint density at radius 2 is 2.11 bits per heavy atom. The number of carbonyl (C=O) groups is 1. The zero-order valence-corrected chi connectivity index (χ0v) is 11.7. The molecule has 1 aromatic carbocycles. The highest BCUT2D eigenvalue weighted by Gasteiger charge is 2.42. The van der Waals surface area contributed by atoms with Crippen LogP contribution in [0, 0.1) is 12.8 Å². The molecule has 0 bridgehead atoms. The van der Waals surface area contributed by atoms with E-state index in [9.17, 15) is 13.2 Å². The molecule has 0 aromatic heterocycles. The number of carboxylic acids is 1. The van der Waals surface area contributed by atoms with Crippen molar-refractivity contribution < 1.29 is 18.3 Å². The minimum absolute atomic E-state index is 0.227. The van der Waals surface area contributed by atoms with Crippen molar-refractivity contribution in [1.82, 2.24) is 4.31 Å². The summed E-state index contributed by atoms with van der Waals surface area (Å²) in [7, 11) is -3.61. The molecular weight excluding hydrogens is 266 g/mol. The monoisotopic (exact) mass is 283 g/mol. The second-order valence-electron chi connectivity index (χ2n) is 4.91. The van der Waals surface area contributed by atoms with Gasteiger partial charge in [-0.25, -0.2) is 8.42 Å². The molecule has 2 unspecified atom stereocenters. The van der Waals surface area contributed by atoms with Gasteiger partial charge in [0.15, 0.2) is 0 Å². The Labute approximate surface area is 112 Å². The standard InChI is InChI=1S/C13H17NO4S/c1-9-4-3-5-11(8-9)19(17,18)14-7-6-12(10(14)2)13(15)16/h3-5,8,10,12H,6-7H2,1-2H3,(H,15,16). The molecule has 19 heavy (non-hydrogen) atoms. The van der Waals surface area contributed by atoms with Crippen LogP contribution < -0.4 is 0 Å². The van der Waals surface area contributed by atoms with Gasteiger partial charge >= 0.3 is 5.97 Å². The molecule has 0 saturated carbocycles. The van der Waals surface area contributed by atoms with Crippen LogP contribution in [0.2, 0.25) is 0 Å². The third-order valence-electron chi connectivity index (χ3n) is 3.61. The third kappa shape index (κ3) is 2.50. The van der Waals surface area contributed by atoms with E-state index in [2.05, 4.69) is 0 Å². The van der Waals surface area contributed by atoms with Gasteiger partial charge in [0.05, 0.1) is 10.8 Å². The van der Waals surface area contributed by atoms with Gasteiger partial charge in [0.1, 0.15) is 0 Å². The van der Waals surface area contributed by atoms with Crippen LogP contribution in [0.5, 0.6) is 0 Å². The van der Waals surface area contributed by atoms with Crippen molar-refractivity contribution in [3.63, 3.8) is 0 Å². The highest BCUT2D eigenvalue weighted by atomic mass is 32.2. The van der Waals surface area contributed by atoms with Crippen molar-refractivity contribution in [2.75, 3.05) is 6.54 Å². The van der Waals surface area contributed by atoms with E-state index in [1.165, 1.54) is 4.31 Å². The first kappa shape index (κ1) is 14.0. The molecule has 0 aliphatic carbocycles. The van der Waals surface area contributed by atoms with Crippen LogP contribution in [0.15, 0.2) is 29.2 Å². The first-order valence-electron chi connectivity index (χ1n) is 6.15. The molecule has 1 fully saturated rings. The lowest BCUT2D eigenvalue weighted by Crippen LogP contribution is -2.37. The number of hydrogen-bond donors (Lipinski definition) is 1. The summed E-state index contributed by atoms with van der Waals surface area (Å²) in [5.74, 6) is -1.56. The van der Waals surface area contributed by atoms with Crippen LogP contribution in [0.4, 0.5) is 0 Å². The summed E-state index contributed by atoms with van der Waals surface area (Å²) in [6.45, 7) is 3.74. The fourth-order valence-corrected chi connectivity index (χ4v) is 4.28. The lowest BCUT2D eigenvalue weighted by Gasteiger charge is -2.22. The molecule has 0 spiro atoms. The molecule has 5 nitrogen and oxygen atoms in total. The number of sulfonamides is 1. The second-order valence-corrected chi connectivity index (χ2v) is 6.80. The summed E-state index contributed by atoms with van der Waals surface area (Å²) >= 11 is 0. The topological polar surface area (TPSA) is 74.7 Å². The molecular formula is C13H17NO4S. The third-order valence-corrected chi connectivity index (χ3v) is 5.59. The van der Waals surface area contributed by atoms with Crippen molar-refractivity contribution in [3.8, 4) is 0 Å². The number of benzene rings is 1. The van der Waals surface area contributed by atoms with Gasteiger partial charge in [0.2, 0.25) is 10.0 Å². The van der Waals surface area contributed by atoms with Gasteiger partial charge in [0.25, 0.3) is 0 Å². The summed E-state index contributed by atoms with van der Waals surface area (Å²) in [5, 5.41) is 9.06. The predicted molar refractivity (Wildman–Crippen MR) is 70.3 cm³/mol. The van der Waals surface area contributed by atoms with Crippen LogP contribution >= 0.6 is 0 Å². The zero-order chi connectivity index (χ0) is 14.2. The normalized spacial score (nSPS) is 24.5. The number of carboxylic acid groups (broad SMARTS) is 1. The second kappa shape index (κ2) is 4.94. The number of hydrogen-bond acceptors (Lipinski definition) is 3. The van der Waals surface area contributed by atoms with E-state index in [-0.39, 0.29) is 11.4 Å². The van der Waals surface area contributed by atoms with Crippen LogP contribution in [-0.4, -0.2) is 36.4 Å². The Bertz CT molecular complexity index is 596. The van der Waals surface area contributed by atoms with Crippen molar-refractivity contribution in [1.29, 1.82) is 0 Å². The molecule has 1 aliphatic heterocycles. The predicted octanol–water partition coefficient (Wildman–Crippen LogP) is 1.48. The summed E-state index contributed by atoms with van der Waals surface area (Å²) in [4.78, 5) is 11.3. The molecule has 104 valence electrons. The zero-order valence-electron chi connectivity index (χ0n) is 10.9. The molecule has 2 rings (SSSR count). The molecule has 1 N–H and O–H groups in total. The average molecular weight is 283 g/mol. The molecule has 1 aromatic rings. The Hall–Kier alpha value is -1.40. The minimum atomic E-state index is -3.61. The van der Waals surface area contributed by atoms with Gasteiger partial charge < -0.3 is 5.11 Å². The summed E-state index contributed by atoms with van der Waals surface area (Å²) in [6.07, 6.45) is 0.363. The Kier molecular flexibility index (Phi) is 3.64. The Morgan fingerprint density at radius 3 is 2.63 bits per heavy atom. The largest absolute Gasteiger partial charge is 0.481 e. The van der Waals surface area contributed by atoms with Gasteiger partial charge in [-0.15, -0.1) is 0 Å². The summed E-state index contributed by atoms with van der Waals surface area (Å²) in [6, 6.07) is 6.16. The van der Waals surface area contributed by atoms with E-state index in [0.29, 0.717) is 6.42 Å². The number of nitrogens with zero attached hydrogens (tertiary/aromatic N) is 1. The van der Waals surface area contributed by atoms with E-state index < -0.39 is 28.0 Å². The molecule has 1 heterocycles. The molecule has 0 amide bonds. The van der Waals surface area contributed by atoms with Crippen molar-refractivity contribution in [2.24, 2.45) is 5.92 Å². The van der Waals surface area contributed by atoms with Crippen LogP contribution in [0.25, 0.3) is 0 Å². The fourth-order valence-electron chi connectivity index (χ4n) is 2.49. The van der Waals surface area contributed by atoms with Crippen molar-refractivity contribution in [2.45, 2.75) is 31.2 Å². The molecule has 2 atom stereocenters. The Balaban J connectivity index is 2.34. The Morgan fingerprint density at radius 1 is 1.42 bits per heavy atom. The van der Waals surface area contributed by atoms with Crippen LogP contribution in [-0.2, 0) is 14.8 Å². The van der Waals surface area contributed by atoms with Crippen molar-refractivity contribution >= 4 is 16.0 Å². The lowest BCUT2D eigenvalue weighted by molar-refractivity contribution is -0.142. The minimum Gasteiger partial charge on any atom is -0.481 e. The summed E-state index contributed by atoms with van der Waals surface area (Å²) < 4.78 is 26.3. The first-order chi connectivity index (χ1) is 8.84. The van der Waals surface area contributed by atoms with E-state index in [1.54, 1.807) is 25.1 Å². The van der Waals surface area contributed by atoms with Gasteiger partial charge in [-0.2, -0.15) is 4.31 Å². The van der Waals surface area contributed by atoms with Gasteiger partial charge in [-0.1, -0.05) is 12.1 Å². The number of aliphatic carboxylic acids is 1. The fraction of sp³-hybridized carbons (Fsp3) is 0.462. The highest BCUT2D eigenvalue weighted by molar-refractivity contribution is 7.89. The number of aryl methyl sites for hydroxylation is 1. The van der Waals surface area contributed by atoms with Crippen LogP contribution in [0.1, 0.15) is 18.9 Å². The van der Waals surface area contributed by atoms with E-state index in [1.807, 2.05) is 13.0 Å². The maximum atomic E-state index is 12.5. The van der Waals surface area contributed by atoms with Crippen LogP contribution in [0.3, 0.4) is 0 Å². The van der Waals surface area contributed by atoms with Gasteiger partial charge in [-0.05, 0) is 38.0 Å². The summed E-state index contributed by atoms with van der Waals surface area (Å²) in [5.41, 5.74) is 0.864. The first-order valence-corrected chi connectivity index (χ1v) is 7.59.